The molecule has 3 aliphatic rings. The molecule has 4 aromatic rings. The zero-order valence-corrected chi connectivity index (χ0v) is 20.9. The molecular formula is C29H29N5O3. The maximum Gasteiger partial charge on any atom is 0.307 e. The third kappa shape index (κ3) is 3.54. The van der Waals surface area contributed by atoms with E-state index in [2.05, 4.69) is 62.7 Å². The molecule has 2 fully saturated rings. The fourth-order valence-electron chi connectivity index (χ4n) is 6.77. The van der Waals surface area contributed by atoms with Gasteiger partial charge in [-0.1, -0.05) is 24.3 Å². The van der Waals surface area contributed by atoms with Gasteiger partial charge in [0.15, 0.2) is 0 Å². The van der Waals surface area contributed by atoms with Crippen molar-refractivity contribution in [2.45, 2.75) is 38.9 Å². The van der Waals surface area contributed by atoms with Gasteiger partial charge in [0.1, 0.15) is 11.8 Å². The Kier molecular flexibility index (Phi) is 5.08. The molecule has 0 radical (unpaired) electrons. The smallest absolute Gasteiger partial charge is 0.307 e. The second kappa shape index (κ2) is 8.38. The molecule has 8 heteroatoms. The lowest BCUT2D eigenvalue weighted by Crippen LogP contribution is -2.45. The standard InChI is InChI=1S/C29H29N5O3/c1-16-26(27-23-6-4-3-5-22(23)17(2)37-27)34-15-18(9-10-24(34)32-16)21-11-30-29(31-12-21)33-13-19-7-8-20(14-33)25(19)28(35)36/h3-6,9-12,15,17,19-20,25,27H,7-8,13-14H2,1-2H3,(H,35,36)/t17-,19-,20+,25?,27+/m0/s1. The molecule has 37 heavy (non-hydrogen) atoms. The fraction of sp³-hybridized carbons (Fsp3) is 0.379. The number of carboxylic acid groups (broad SMARTS) is 1. The van der Waals surface area contributed by atoms with Gasteiger partial charge in [-0.3, -0.25) is 4.79 Å². The highest BCUT2D eigenvalue weighted by Gasteiger charge is 2.46. The zero-order valence-electron chi connectivity index (χ0n) is 20.9. The number of aliphatic carboxylic acids is 1. The van der Waals surface area contributed by atoms with Gasteiger partial charge >= 0.3 is 5.97 Å². The Labute approximate surface area is 215 Å². The summed E-state index contributed by atoms with van der Waals surface area (Å²) in [4.78, 5) is 28.0. The van der Waals surface area contributed by atoms with Crippen molar-refractivity contribution in [3.8, 4) is 11.1 Å². The van der Waals surface area contributed by atoms with Crippen LogP contribution < -0.4 is 4.90 Å². The van der Waals surface area contributed by atoms with E-state index in [1.54, 1.807) is 0 Å². The lowest BCUT2D eigenvalue weighted by molar-refractivity contribution is -0.144. The topological polar surface area (TPSA) is 92.9 Å². The lowest BCUT2D eigenvalue weighted by Gasteiger charge is -2.35. The number of hydrogen-bond acceptors (Lipinski definition) is 6. The Bertz CT molecular complexity index is 1500. The molecule has 1 saturated heterocycles. The summed E-state index contributed by atoms with van der Waals surface area (Å²) in [5.41, 5.74) is 7.22. The van der Waals surface area contributed by atoms with Gasteiger partial charge in [-0.2, -0.15) is 0 Å². The summed E-state index contributed by atoms with van der Waals surface area (Å²) < 4.78 is 8.54. The highest BCUT2D eigenvalue weighted by Crippen LogP contribution is 2.44. The van der Waals surface area contributed by atoms with Gasteiger partial charge in [-0.25, -0.2) is 15.0 Å². The molecule has 5 heterocycles. The third-order valence-corrected chi connectivity index (χ3v) is 8.52. The van der Waals surface area contributed by atoms with Crippen LogP contribution in [0.2, 0.25) is 0 Å². The molecule has 1 saturated carbocycles. The second-order valence-corrected chi connectivity index (χ2v) is 10.7. The van der Waals surface area contributed by atoms with Crippen molar-refractivity contribution in [1.29, 1.82) is 0 Å². The maximum atomic E-state index is 11.7. The number of ether oxygens (including phenoxy) is 1. The van der Waals surface area contributed by atoms with Crippen LogP contribution in [0.5, 0.6) is 0 Å². The number of carbonyl (C=O) groups is 1. The summed E-state index contributed by atoms with van der Waals surface area (Å²) in [6.07, 6.45) is 7.62. The second-order valence-electron chi connectivity index (χ2n) is 10.7. The molecule has 7 rings (SSSR count). The van der Waals surface area contributed by atoms with E-state index in [4.69, 9.17) is 9.72 Å². The molecule has 188 valence electrons. The van der Waals surface area contributed by atoms with Gasteiger partial charge in [0.05, 0.1) is 23.4 Å². The van der Waals surface area contributed by atoms with Crippen molar-refractivity contribution in [3.05, 3.63) is 77.5 Å². The minimum atomic E-state index is -0.658. The van der Waals surface area contributed by atoms with E-state index in [1.807, 2.05) is 25.4 Å². The number of rotatable bonds is 4. The van der Waals surface area contributed by atoms with E-state index in [-0.39, 0.29) is 30.0 Å². The number of aromatic nitrogens is 4. The number of pyridine rings is 1. The Morgan fingerprint density at radius 2 is 1.70 bits per heavy atom. The van der Waals surface area contributed by atoms with Crippen LogP contribution in [0, 0.1) is 24.7 Å². The number of aryl methyl sites for hydroxylation is 1. The van der Waals surface area contributed by atoms with Gasteiger partial charge in [-0.05, 0) is 61.8 Å². The summed E-state index contributed by atoms with van der Waals surface area (Å²) in [6, 6.07) is 12.5. The lowest BCUT2D eigenvalue weighted by atomic mass is 9.85. The van der Waals surface area contributed by atoms with Crippen molar-refractivity contribution < 1.29 is 14.6 Å². The van der Waals surface area contributed by atoms with Crippen LogP contribution in [-0.2, 0) is 9.53 Å². The van der Waals surface area contributed by atoms with E-state index in [0.717, 1.165) is 41.0 Å². The molecule has 1 N–H and O–H groups in total. The molecule has 1 aromatic carbocycles. The summed E-state index contributed by atoms with van der Waals surface area (Å²) >= 11 is 0. The SMILES string of the molecule is Cc1nc2ccc(-c3cnc(N4C[C@H]5CC[C@@H](C4)C5C(=O)O)nc3)cn2c1[C@@H]1O[C@@H](C)c2ccccc21. The van der Waals surface area contributed by atoms with Crippen molar-refractivity contribution in [2.24, 2.45) is 17.8 Å². The van der Waals surface area contributed by atoms with Crippen molar-refractivity contribution in [1.82, 2.24) is 19.4 Å². The Hall–Kier alpha value is -3.78. The first-order valence-corrected chi connectivity index (χ1v) is 13.0. The van der Waals surface area contributed by atoms with Crippen LogP contribution in [0.3, 0.4) is 0 Å². The summed E-state index contributed by atoms with van der Waals surface area (Å²) in [5, 5.41) is 9.60. The average Bonchev–Trinajstić information content (AvgIpc) is 3.51. The minimum Gasteiger partial charge on any atom is -0.481 e. The number of piperidine rings is 1. The van der Waals surface area contributed by atoms with Crippen LogP contribution in [0.25, 0.3) is 16.8 Å². The first-order chi connectivity index (χ1) is 18.0. The van der Waals surface area contributed by atoms with Crippen LogP contribution >= 0.6 is 0 Å². The van der Waals surface area contributed by atoms with Gasteiger partial charge in [-0.15, -0.1) is 0 Å². The monoisotopic (exact) mass is 495 g/mol. The number of anilines is 1. The van der Waals surface area contributed by atoms with E-state index in [9.17, 15) is 9.90 Å². The van der Waals surface area contributed by atoms with Crippen LogP contribution in [0.15, 0.2) is 55.0 Å². The quantitative estimate of drug-likeness (QED) is 0.434. The van der Waals surface area contributed by atoms with Crippen molar-refractivity contribution in [3.63, 3.8) is 0 Å². The predicted octanol–water partition coefficient (Wildman–Crippen LogP) is 4.83. The maximum absolute atomic E-state index is 11.7. The van der Waals surface area contributed by atoms with Crippen LogP contribution in [0.4, 0.5) is 5.95 Å². The molecular weight excluding hydrogens is 466 g/mol. The molecule has 2 aliphatic heterocycles. The number of nitrogens with zero attached hydrogens (tertiary/aromatic N) is 5. The molecule has 0 spiro atoms. The highest BCUT2D eigenvalue weighted by molar-refractivity contribution is 5.72. The number of fused-ring (bicyclic) bond motifs is 4. The normalized spacial score (nSPS) is 26.5. The van der Waals surface area contributed by atoms with E-state index in [0.29, 0.717) is 19.0 Å². The highest BCUT2D eigenvalue weighted by atomic mass is 16.5. The first-order valence-electron chi connectivity index (χ1n) is 13.0. The minimum absolute atomic E-state index is 0.0334. The Balaban J connectivity index is 1.19. The van der Waals surface area contributed by atoms with Gasteiger partial charge in [0.2, 0.25) is 5.95 Å². The third-order valence-electron chi connectivity index (χ3n) is 8.52. The molecule has 8 nitrogen and oxygen atoms in total. The number of imidazole rings is 1. The molecule has 2 bridgehead atoms. The molecule has 1 aliphatic carbocycles. The fourth-order valence-corrected chi connectivity index (χ4v) is 6.77. The van der Waals surface area contributed by atoms with E-state index >= 15 is 0 Å². The van der Waals surface area contributed by atoms with E-state index in [1.165, 1.54) is 11.1 Å². The van der Waals surface area contributed by atoms with Crippen molar-refractivity contribution in [2.75, 3.05) is 18.0 Å². The largest absolute Gasteiger partial charge is 0.481 e. The van der Waals surface area contributed by atoms with E-state index < -0.39 is 5.97 Å². The first kappa shape index (κ1) is 22.4. The van der Waals surface area contributed by atoms with Gasteiger partial charge < -0.3 is 19.1 Å². The summed E-state index contributed by atoms with van der Waals surface area (Å²) in [7, 11) is 0. The zero-order chi connectivity index (χ0) is 25.3. The molecule has 0 amide bonds. The number of hydrogen-bond donors (Lipinski definition) is 1. The number of carboxylic acids is 1. The Morgan fingerprint density at radius 3 is 2.41 bits per heavy atom. The van der Waals surface area contributed by atoms with Crippen LogP contribution in [0.1, 0.15) is 54.5 Å². The van der Waals surface area contributed by atoms with Gasteiger partial charge in [0.25, 0.3) is 0 Å². The van der Waals surface area contributed by atoms with Gasteiger partial charge in [0, 0.05) is 42.8 Å². The van der Waals surface area contributed by atoms with Crippen LogP contribution in [-0.4, -0.2) is 43.5 Å². The van der Waals surface area contributed by atoms with Crippen molar-refractivity contribution >= 4 is 17.6 Å². The average molecular weight is 496 g/mol. The molecule has 3 aromatic heterocycles. The number of benzene rings is 1. The Morgan fingerprint density at radius 1 is 1.00 bits per heavy atom. The predicted molar refractivity (Wildman–Crippen MR) is 138 cm³/mol. The summed E-state index contributed by atoms with van der Waals surface area (Å²) in [6.45, 7) is 5.54. The molecule has 1 unspecified atom stereocenters. The summed E-state index contributed by atoms with van der Waals surface area (Å²) in [5.74, 6) is 0.142. The molecule has 5 atom stereocenters.